The molecule has 0 unspecified atom stereocenters. The number of carbonyl (C=O) groups is 1. The predicted molar refractivity (Wildman–Crippen MR) is 55.8 cm³/mol. The van der Waals surface area contributed by atoms with Crippen LogP contribution in [0.4, 0.5) is 0 Å². The van der Waals surface area contributed by atoms with Crippen molar-refractivity contribution in [2.45, 2.75) is 13.5 Å². The van der Waals surface area contributed by atoms with Gasteiger partial charge in [-0.1, -0.05) is 36.4 Å². The number of aliphatic carboxylic acids is 1. The Morgan fingerprint density at radius 2 is 2.13 bits per heavy atom. The molecule has 0 saturated heterocycles. The lowest BCUT2D eigenvalue weighted by Crippen LogP contribution is -2.20. The highest BCUT2D eigenvalue weighted by molar-refractivity contribution is 5.85. The average molecular weight is 207 g/mol. The van der Waals surface area contributed by atoms with Crippen molar-refractivity contribution in [3.05, 3.63) is 47.7 Å². The fourth-order valence-electron chi connectivity index (χ4n) is 0.997. The molecule has 0 spiro atoms. The van der Waals surface area contributed by atoms with E-state index in [1.165, 1.54) is 6.08 Å². The zero-order chi connectivity index (χ0) is 11.1. The lowest BCUT2D eigenvalue weighted by Gasteiger charge is -2.06. The summed E-state index contributed by atoms with van der Waals surface area (Å²) < 4.78 is 0. The van der Waals surface area contributed by atoms with Crippen LogP contribution in [0.2, 0.25) is 0 Å². The summed E-state index contributed by atoms with van der Waals surface area (Å²) in [6, 6.07) is 9.50. The highest BCUT2D eigenvalue weighted by Gasteiger charge is 2.04. The molecule has 0 aliphatic heterocycles. The Kier molecular flexibility index (Phi) is 4.37. The molecule has 0 heterocycles. The van der Waals surface area contributed by atoms with Gasteiger partial charge in [0.05, 0.1) is 6.61 Å². The third kappa shape index (κ3) is 3.83. The Morgan fingerprint density at radius 3 is 2.67 bits per heavy atom. The lowest BCUT2D eigenvalue weighted by molar-refractivity contribution is -0.134. The number of hydrogen-bond acceptors (Lipinski definition) is 3. The Morgan fingerprint density at radius 1 is 1.47 bits per heavy atom. The minimum absolute atomic E-state index is 0.0333. The van der Waals surface area contributed by atoms with Crippen LogP contribution in [0.25, 0.3) is 0 Å². The van der Waals surface area contributed by atoms with Gasteiger partial charge >= 0.3 is 5.97 Å². The maximum Gasteiger partial charge on any atom is 0.353 e. The van der Waals surface area contributed by atoms with E-state index >= 15 is 0 Å². The molecule has 0 amide bonds. The van der Waals surface area contributed by atoms with Gasteiger partial charge < -0.3 is 5.11 Å². The minimum atomic E-state index is -1.04. The largest absolute Gasteiger partial charge is 0.477 e. The Labute approximate surface area is 88.1 Å². The summed E-state index contributed by atoms with van der Waals surface area (Å²) in [7, 11) is 0. The summed E-state index contributed by atoms with van der Waals surface area (Å²) in [6.07, 6.45) is 1.44. The molecule has 15 heavy (non-hydrogen) atoms. The average Bonchev–Trinajstić information content (AvgIpc) is 2.25. The van der Waals surface area contributed by atoms with Crippen molar-refractivity contribution in [2.24, 2.45) is 0 Å². The van der Waals surface area contributed by atoms with Crippen molar-refractivity contribution in [2.75, 3.05) is 0 Å². The van der Waals surface area contributed by atoms with E-state index in [0.717, 1.165) is 5.56 Å². The van der Waals surface area contributed by atoms with Crippen molar-refractivity contribution in [3.63, 3.8) is 0 Å². The molecule has 4 heteroatoms. The van der Waals surface area contributed by atoms with Crippen LogP contribution in [-0.2, 0) is 16.2 Å². The zero-order valence-electron chi connectivity index (χ0n) is 8.43. The third-order valence-corrected chi connectivity index (χ3v) is 1.78. The predicted octanol–water partition coefficient (Wildman–Crippen LogP) is 1.70. The van der Waals surface area contributed by atoms with Gasteiger partial charge in [0, 0.05) is 0 Å². The smallest absolute Gasteiger partial charge is 0.353 e. The van der Waals surface area contributed by atoms with Crippen LogP contribution in [-0.4, -0.2) is 11.1 Å². The van der Waals surface area contributed by atoms with Crippen molar-refractivity contribution in [3.8, 4) is 0 Å². The summed E-state index contributed by atoms with van der Waals surface area (Å²) in [6.45, 7) is 1.95. The molecule has 0 aromatic heterocycles. The van der Waals surface area contributed by atoms with Crippen molar-refractivity contribution in [1.82, 2.24) is 5.48 Å². The van der Waals surface area contributed by atoms with Crippen LogP contribution in [0.1, 0.15) is 12.5 Å². The molecule has 0 atom stereocenters. The molecule has 1 rings (SSSR count). The highest BCUT2D eigenvalue weighted by Crippen LogP contribution is 2.00. The van der Waals surface area contributed by atoms with Crippen LogP contribution >= 0.6 is 0 Å². The third-order valence-electron chi connectivity index (χ3n) is 1.78. The fourth-order valence-corrected chi connectivity index (χ4v) is 0.997. The second kappa shape index (κ2) is 5.82. The maximum absolute atomic E-state index is 10.6. The summed E-state index contributed by atoms with van der Waals surface area (Å²) in [5, 5.41) is 8.66. The van der Waals surface area contributed by atoms with Gasteiger partial charge in [-0.3, -0.25) is 10.3 Å². The molecule has 80 valence electrons. The normalized spacial score (nSPS) is 11.1. The van der Waals surface area contributed by atoms with Gasteiger partial charge in [-0.2, -0.15) is 0 Å². The first kappa shape index (κ1) is 11.3. The molecule has 0 fully saturated rings. The molecule has 0 saturated carbocycles. The molecular formula is C11H13NO3. The molecule has 0 aliphatic rings. The molecule has 4 nitrogen and oxygen atoms in total. The van der Waals surface area contributed by atoms with E-state index < -0.39 is 5.97 Å². The zero-order valence-corrected chi connectivity index (χ0v) is 8.43. The second-order valence-corrected chi connectivity index (χ2v) is 2.88. The molecular weight excluding hydrogens is 194 g/mol. The number of hydroxylamine groups is 1. The molecule has 2 N–H and O–H groups in total. The minimum Gasteiger partial charge on any atom is -0.477 e. The van der Waals surface area contributed by atoms with E-state index in [1.807, 2.05) is 30.3 Å². The summed E-state index contributed by atoms with van der Waals surface area (Å²) >= 11 is 0. The number of rotatable bonds is 5. The molecule has 1 aromatic rings. The van der Waals surface area contributed by atoms with Gasteiger partial charge in [0.15, 0.2) is 0 Å². The van der Waals surface area contributed by atoms with Crippen molar-refractivity contribution in [1.29, 1.82) is 0 Å². The number of carboxylic acids is 1. The fraction of sp³-hybridized carbons (Fsp3) is 0.182. The summed E-state index contributed by atoms with van der Waals surface area (Å²) in [5.74, 6) is -1.04. The summed E-state index contributed by atoms with van der Waals surface area (Å²) in [4.78, 5) is 15.6. The van der Waals surface area contributed by atoms with E-state index in [1.54, 1.807) is 6.92 Å². The summed E-state index contributed by atoms with van der Waals surface area (Å²) in [5.41, 5.74) is 3.39. The topological polar surface area (TPSA) is 58.6 Å². The first-order valence-corrected chi connectivity index (χ1v) is 4.55. The van der Waals surface area contributed by atoms with Gasteiger partial charge in [0.25, 0.3) is 0 Å². The SMILES string of the molecule is CC=C(NOCc1ccccc1)C(=O)O. The molecule has 0 radical (unpaired) electrons. The Bertz CT molecular complexity index is 346. The van der Waals surface area contributed by atoms with E-state index in [0.29, 0.717) is 6.61 Å². The van der Waals surface area contributed by atoms with Gasteiger partial charge in [0.1, 0.15) is 5.70 Å². The van der Waals surface area contributed by atoms with Crippen LogP contribution < -0.4 is 5.48 Å². The van der Waals surface area contributed by atoms with Crippen LogP contribution in [0.3, 0.4) is 0 Å². The number of benzene rings is 1. The lowest BCUT2D eigenvalue weighted by atomic mass is 10.2. The first-order chi connectivity index (χ1) is 7.24. The molecule has 1 aromatic carbocycles. The highest BCUT2D eigenvalue weighted by atomic mass is 16.6. The number of hydrogen-bond donors (Lipinski definition) is 2. The van der Waals surface area contributed by atoms with Gasteiger partial charge in [0.2, 0.25) is 0 Å². The van der Waals surface area contributed by atoms with E-state index in [2.05, 4.69) is 5.48 Å². The van der Waals surface area contributed by atoms with E-state index in [9.17, 15) is 4.79 Å². The number of carboxylic acid groups (broad SMARTS) is 1. The van der Waals surface area contributed by atoms with Gasteiger partial charge in [-0.25, -0.2) is 4.79 Å². The number of nitrogens with one attached hydrogen (secondary N) is 1. The van der Waals surface area contributed by atoms with Crippen LogP contribution in [0.15, 0.2) is 42.1 Å². The van der Waals surface area contributed by atoms with Gasteiger partial charge in [-0.15, -0.1) is 0 Å². The van der Waals surface area contributed by atoms with E-state index in [4.69, 9.17) is 9.94 Å². The van der Waals surface area contributed by atoms with Gasteiger partial charge in [-0.05, 0) is 12.5 Å². The van der Waals surface area contributed by atoms with Crippen molar-refractivity contribution < 1.29 is 14.7 Å². The van der Waals surface area contributed by atoms with Crippen molar-refractivity contribution >= 4 is 5.97 Å². The quantitative estimate of drug-likeness (QED) is 0.570. The Balaban J connectivity index is 2.37. The van der Waals surface area contributed by atoms with Crippen LogP contribution in [0, 0.1) is 0 Å². The van der Waals surface area contributed by atoms with Crippen LogP contribution in [0.5, 0.6) is 0 Å². The first-order valence-electron chi connectivity index (χ1n) is 4.55. The molecule has 0 bridgehead atoms. The Hall–Kier alpha value is -1.81. The van der Waals surface area contributed by atoms with E-state index in [-0.39, 0.29) is 5.70 Å². The second-order valence-electron chi connectivity index (χ2n) is 2.88. The maximum atomic E-state index is 10.6. The monoisotopic (exact) mass is 207 g/mol. The molecule has 0 aliphatic carbocycles. The number of allylic oxidation sites excluding steroid dienone is 1. The standard InChI is InChI=1S/C11H13NO3/c1-2-10(11(13)14)12-15-8-9-6-4-3-5-7-9/h2-7,12H,8H2,1H3,(H,13,14).